The summed E-state index contributed by atoms with van der Waals surface area (Å²) in [6, 6.07) is 41.8. The Morgan fingerprint density at radius 1 is 0.659 bits per heavy atom. The molecule has 5 aromatic carbocycles. The molecule has 0 aliphatic carbocycles. The third kappa shape index (κ3) is 8.01. The molecule has 0 aliphatic rings. The molecule has 0 saturated carbocycles. The van der Waals surface area contributed by atoms with Crippen LogP contribution in [-0.2, 0) is 0 Å². The quantitative estimate of drug-likeness (QED) is 0.0817. The van der Waals surface area contributed by atoms with Crippen LogP contribution in [0.3, 0.4) is 0 Å². The number of carbonyl (C=O) groups is 1. The van der Waals surface area contributed by atoms with Crippen LogP contribution in [-0.4, -0.2) is 32.2 Å². The second-order valence-corrected chi connectivity index (χ2v) is 9.74. The van der Waals surface area contributed by atoms with Crippen LogP contribution < -0.4 is 10.3 Å². The number of benzene rings is 5. The summed E-state index contributed by atoms with van der Waals surface area (Å²) in [6.45, 7) is 0. The molecule has 5 rings (SSSR count). The van der Waals surface area contributed by atoms with E-state index in [0.29, 0.717) is 22.8 Å². The molecule has 1 amide bonds. The van der Waals surface area contributed by atoms with E-state index in [2.05, 4.69) is 31.0 Å². The predicted octanol–water partition coefficient (Wildman–Crippen LogP) is 8.74. The molecule has 0 fully saturated rings. The Morgan fingerprint density at radius 3 is 2.00 bits per heavy atom. The number of amides is 1. The lowest BCUT2D eigenvalue weighted by molar-refractivity contribution is 0.0955. The van der Waals surface area contributed by atoms with E-state index < -0.39 is 0 Å². The lowest BCUT2D eigenvalue weighted by Gasteiger charge is -2.12. The third-order valence-electron chi connectivity index (χ3n) is 6.45. The van der Waals surface area contributed by atoms with Gasteiger partial charge in [0.2, 0.25) is 0 Å². The van der Waals surface area contributed by atoms with E-state index in [1.54, 1.807) is 24.3 Å². The van der Waals surface area contributed by atoms with Gasteiger partial charge in [-0.3, -0.25) is 4.79 Å². The SMILES string of the molecule is CN(C)c1ccc(C(N=Nc2ccccc2)=Nc2ccc(C(=O)N/N=C/N=Nc3ccccc3-c3ccccc3)cc2)cc1. The molecule has 0 aliphatic heterocycles. The second kappa shape index (κ2) is 14.7. The maximum absolute atomic E-state index is 12.6. The molecule has 44 heavy (non-hydrogen) atoms. The summed E-state index contributed by atoms with van der Waals surface area (Å²) >= 11 is 0. The monoisotopic (exact) mass is 578 g/mol. The largest absolute Gasteiger partial charge is 0.378 e. The molecule has 216 valence electrons. The topological polar surface area (TPSA) is 106 Å². The van der Waals surface area contributed by atoms with Gasteiger partial charge in [0.1, 0.15) is 0 Å². The van der Waals surface area contributed by atoms with Gasteiger partial charge in [-0.1, -0.05) is 66.7 Å². The summed E-state index contributed by atoms with van der Waals surface area (Å²) in [5, 5.41) is 21.0. The van der Waals surface area contributed by atoms with Crippen LogP contribution in [0.15, 0.2) is 164 Å². The van der Waals surface area contributed by atoms with Crippen LogP contribution in [0.4, 0.5) is 22.7 Å². The number of hydrogen-bond acceptors (Lipinski definition) is 6. The molecule has 0 heterocycles. The second-order valence-electron chi connectivity index (χ2n) is 9.74. The molecule has 0 radical (unpaired) electrons. The molecule has 0 atom stereocenters. The average Bonchev–Trinajstić information content (AvgIpc) is 3.08. The summed E-state index contributed by atoms with van der Waals surface area (Å²) in [5.74, 6) is 0.0556. The van der Waals surface area contributed by atoms with Crippen LogP contribution in [0, 0.1) is 0 Å². The van der Waals surface area contributed by atoms with E-state index in [4.69, 9.17) is 4.99 Å². The molecule has 0 aromatic heterocycles. The van der Waals surface area contributed by atoms with Gasteiger partial charge >= 0.3 is 0 Å². The van der Waals surface area contributed by atoms with Crippen molar-refractivity contribution in [3.05, 3.63) is 145 Å². The number of anilines is 1. The first-order chi connectivity index (χ1) is 21.6. The summed E-state index contributed by atoms with van der Waals surface area (Å²) < 4.78 is 0. The highest BCUT2D eigenvalue weighted by Crippen LogP contribution is 2.29. The fraction of sp³-hybridized carbons (Fsp3) is 0.0571. The molecular formula is C35H30N8O. The van der Waals surface area contributed by atoms with Crippen molar-refractivity contribution in [3.63, 3.8) is 0 Å². The Bertz CT molecular complexity index is 1800. The van der Waals surface area contributed by atoms with Crippen molar-refractivity contribution in [3.8, 4) is 11.1 Å². The zero-order valence-electron chi connectivity index (χ0n) is 24.3. The molecule has 9 nitrogen and oxygen atoms in total. The zero-order valence-corrected chi connectivity index (χ0v) is 24.3. The lowest BCUT2D eigenvalue weighted by Crippen LogP contribution is -2.17. The van der Waals surface area contributed by atoms with E-state index in [-0.39, 0.29) is 5.91 Å². The molecule has 0 spiro atoms. The molecule has 0 bridgehead atoms. The number of nitrogens with zero attached hydrogens (tertiary/aromatic N) is 7. The van der Waals surface area contributed by atoms with E-state index in [1.165, 1.54) is 6.34 Å². The average molecular weight is 579 g/mol. The predicted molar refractivity (Wildman–Crippen MR) is 177 cm³/mol. The van der Waals surface area contributed by atoms with Crippen LogP contribution in [0.1, 0.15) is 15.9 Å². The van der Waals surface area contributed by atoms with Crippen molar-refractivity contribution in [1.29, 1.82) is 0 Å². The summed E-state index contributed by atoms with van der Waals surface area (Å²) in [4.78, 5) is 19.4. The Hall–Kier alpha value is -6.09. The summed E-state index contributed by atoms with van der Waals surface area (Å²) in [7, 11) is 3.97. The number of hydrazone groups is 1. The highest BCUT2D eigenvalue weighted by molar-refractivity contribution is 6.01. The van der Waals surface area contributed by atoms with Crippen molar-refractivity contribution in [2.75, 3.05) is 19.0 Å². The van der Waals surface area contributed by atoms with Gasteiger partial charge in [-0.15, -0.1) is 20.5 Å². The van der Waals surface area contributed by atoms with E-state index in [1.807, 2.05) is 128 Å². The number of azo groups is 2. The fourth-order valence-corrected chi connectivity index (χ4v) is 4.15. The third-order valence-corrected chi connectivity index (χ3v) is 6.45. The Kier molecular flexibility index (Phi) is 9.82. The number of hydrogen-bond donors (Lipinski definition) is 1. The van der Waals surface area contributed by atoms with Crippen molar-refractivity contribution in [1.82, 2.24) is 5.43 Å². The maximum Gasteiger partial charge on any atom is 0.271 e. The van der Waals surface area contributed by atoms with Crippen molar-refractivity contribution in [2.24, 2.45) is 30.6 Å². The number of aliphatic imine (C=N–C) groups is 1. The minimum Gasteiger partial charge on any atom is -0.378 e. The lowest BCUT2D eigenvalue weighted by atomic mass is 10.0. The van der Waals surface area contributed by atoms with Gasteiger partial charge in [0, 0.05) is 36.5 Å². The van der Waals surface area contributed by atoms with Crippen molar-refractivity contribution in [2.45, 2.75) is 0 Å². The van der Waals surface area contributed by atoms with Gasteiger partial charge in [-0.2, -0.15) is 5.10 Å². The molecule has 9 heteroatoms. The zero-order chi connectivity index (χ0) is 30.6. The first kappa shape index (κ1) is 29.4. The minimum atomic E-state index is -0.389. The standard InChI is InChI=1S/C35H30N8O/c1-43(2)31-23-19-27(20-24-31)34(41-39-30-13-7-4-8-14-30)38-29-21-17-28(18-22-29)35(44)42-37-25-36-40-33-16-10-9-15-32(33)26-11-5-3-6-12-26/h3-25H,1-2H3,(H,42,44)/b37-25+,38-34?,40-36?,41-39?. The van der Waals surface area contributed by atoms with Crippen molar-refractivity contribution < 1.29 is 4.79 Å². The summed E-state index contributed by atoms with van der Waals surface area (Å²) in [6.07, 6.45) is 1.20. The smallest absolute Gasteiger partial charge is 0.271 e. The van der Waals surface area contributed by atoms with Crippen LogP contribution in [0.25, 0.3) is 11.1 Å². The van der Waals surface area contributed by atoms with Gasteiger partial charge in [-0.25, -0.2) is 10.4 Å². The Labute approximate surface area is 256 Å². The number of rotatable bonds is 9. The van der Waals surface area contributed by atoms with Crippen LogP contribution in [0.5, 0.6) is 0 Å². The highest BCUT2D eigenvalue weighted by atomic mass is 16.2. The van der Waals surface area contributed by atoms with E-state index in [0.717, 1.165) is 28.1 Å². The number of nitrogens with one attached hydrogen (secondary N) is 1. The number of amidine groups is 1. The maximum atomic E-state index is 12.6. The first-order valence-corrected chi connectivity index (χ1v) is 13.9. The van der Waals surface area contributed by atoms with Gasteiger partial charge < -0.3 is 4.90 Å². The Morgan fingerprint density at radius 2 is 1.30 bits per heavy atom. The van der Waals surface area contributed by atoms with Gasteiger partial charge in [0.05, 0.1) is 17.1 Å². The number of carbonyl (C=O) groups excluding carboxylic acids is 1. The summed E-state index contributed by atoms with van der Waals surface area (Å²) in [5.41, 5.74) is 8.78. The van der Waals surface area contributed by atoms with Crippen LogP contribution in [0.2, 0.25) is 0 Å². The van der Waals surface area contributed by atoms with Gasteiger partial charge in [0.25, 0.3) is 5.91 Å². The van der Waals surface area contributed by atoms with E-state index >= 15 is 0 Å². The molecular weight excluding hydrogens is 548 g/mol. The minimum absolute atomic E-state index is 0.389. The van der Waals surface area contributed by atoms with Crippen LogP contribution >= 0.6 is 0 Å². The first-order valence-electron chi connectivity index (χ1n) is 13.9. The molecule has 0 saturated heterocycles. The van der Waals surface area contributed by atoms with Crippen molar-refractivity contribution >= 4 is 40.8 Å². The van der Waals surface area contributed by atoms with Gasteiger partial charge in [-0.05, 0) is 72.3 Å². The Balaban J connectivity index is 1.26. The molecule has 5 aromatic rings. The van der Waals surface area contributed by atoms with Gasteiger partial charge in [0.15, 0.2) is 12.2 Å². The highest BCUT2D eigenvalue weighted by Gasteiger charge is 2.08. The fourth-order valence-electron chi connectivity index (χ4n) is 4.15. The molecule has 1 N–H and O–H groups in total. The molecule has 0 unspecified atom stereocenters. The van der Waals surface area contributed by atoms with E-state index in [9.17, 15) is 4.79 Å². The normalized spacial score (nSPS) is 11.8.